The number of amides is 1. The van der Waals surface area contributed by atoms with Crippen LogP contribution in [0.15, 0.2) is 53.8 Å². The Kier molecular flexibility index (Phi) is 6.24. The monoisotopic (exact) mass is 407 g/mol. The molecule has 1 aromatic carbocycles. The molecule has 1 saturated carbocycles. The molecule has 0 saturated heterocycles. The van der Waals surface area contributed by atoms with E-state index in [1.807, 2.05) is 41.0 Å². The molecular formula is C22H25N5OS. The van der Waals surface area contributed by atoms with Gasteiger partial charge in [0.05, 0.1) is 11.4 Å². The summed E-state index contributed by atoms with van der Waals surface area (Å²) in [6.45, 7) is 2.06. The maximum Gasteiger partial charge on any atom is 0.230 e. The summed E-state index contributed by atoms with van der Waals surface area (Å²) >= 11 is 1.41. The number of aromatic nitrogens is 4. The Labute approximate surface area is 175 Å². The summed E-state index contributed by atoms with van der Waals surface area (Å²) in [5.41, 5.74) is 2.85. The van der Waals surface area contributed by atoms with Gasteiger partial charge in [0.25, 0.3) is 0 Å². The number of pyridine rings is 1. The first-order chi connectivity index (χ1) is 14.2. The zero-order chi connectivity index (χ0) is 20.1. The topological polar surface area (TPSA) is 72.7 Å². The number of nitrogens with zero attached hydrogens (tertiary/aromatic N) is 4. The fourth-order valence-corrected chi connectivity index (χ4v) is 4.46. The molecule has 0 unspecified atom stereocenters. The van der Waals surface area contributed by atoms with Crippen LogP contribution >= 0.6 is 11.8 Å². The summed E-state index contributed by atoms with van der Waals surface area (Å²) in [6, 6.07) is 14.1. The van der Waals surface area contributed by atoms with Crippen LogP contribution in [0.4, 0.5) is 0 Å². The molecular weight excluding hydrogens is 382 g/mol. The van der Waals surface area contributed by atoms with Crippen LogP contribution in [0.1, 0.15) is 37.7 Å². The number of nitrogens with one attached hydrogen (secondary N) is 1. The zero-order valence-corrected chi connectivity index (χ0v) is 17.4. The molecule has 0 aliphatic heterocycles. The minimum absolute atomic E-state index is 0.0561. The predicted octanol–water partition coefficient (Wildman–Crippen LogP) is 4.18. The van der Waals surface area contributed by atoms with Crippen LogP contribution in [0, 0.1) is 6.92 Å². The Morgan fingerprint density at radius 3 is 2.66 bits per heavy atom. The average molecular weight is 408 g/mol. The van der Waals surface area contributed by atoms with Gasteiger partial charge in [-0.05, 0) is 43.5 Å². The standard InChI is InChI=1S/C22H25N5OS/c1-16-9-5-6-13-19(16)27-21(18-12-7-8-14-23-18)25-26-22(27)29-15-20(28)24-17-10-3-2-4-11-17/h5-9,12-14,17H,2-4,10-11,15H2,1H3,(H,24,28). The number of benzene rings is 1. The van der Waals surface area contributed by atoms with Crippen molar-refractivity contribution in [3.63, 3.8) is 0 Å². The molecule has 6 nitrogen and oxygen atoms in total. The molecule has 1 N–H and O–H groups in total. The first-order valence-corrected chi connectivity index (χ1v) is 11.1. The van der Waals surface area contributed by atoms with Gasteiger partial charge in [0, 0.05) is 12.2 Å². The summed E-state index contributed by atoms with van der Waals surface area (Å²) < 4.78 is 2.00. The molecule has 150 valence electrons. The summed E-state index contributed by atoms with van der Waals surface area (Å²) in [5.74, 6) is 1.05. The van der Waals surface area contributed by atoms with E-state index in [1.54, 1.807) is 6.20 Å². The van der Waals surface area contributed by atoms with Crippen molar-refractivity contribution < 1.29 is 4.79 Å². The first-order valence-electron chi connectivity index (χ1n) is 10.1. The van der Waals surface area contributed by atoms with Gasteiger partial charge in [-0.3, -0.25) is 14.3 Å². The molecule has 1 amide bonds. The van der Waals surface area contributed by atoms with E-state index in [0.717, 1.165) is 29.8 Å². The molecule has 1 fully saturated rings. The molecule has 3 aromatic rings. The third-order valence-electron chi connectivity index (χ3n) is 5.19. The molecule has 0 radical (unpaired) electrons. The van der Waals surface area contributed by atoms with Crippen LogP contribution in [0.25, 0.3) is 17.2 Å². The average Bonchev–Trinajstić information content (AvgIpc) is 3.18. The normalized spacial score (nSPS) is 14.7. The molecule has 4 rings (SSSR count). The third kappa shape index (κ3) is 4.67. The molecule has 0 atom stereocenters. The van der Waals surface area contributed by atoms with Gasteiger partial charge in [0.2, 0.25) is 5.91 Å². The van der Waals surface area contributed by atoms with Crippen molar-refractivity contribution >= 4 is 17.7 Å². The van der Waals surface area contributed by atoms with Gasteiger partial charge in [-0.25, -0.2) is 0 Å². The Morgan fingerprint density at radius 1 is 1.10 bits per heavy atom. The Balaban J connectivity index is 1.57. The van der Waals surface area contributed by atoms with E-state index >= 15 is 0 Å². The van der Waals surface area contributed by atoms with Gasteiger partial charge in [0.1, 0.15) is 5.69 Å². The molecule has 0 bridgehead atoms. The van der Waals surface area contributed by atoms with Crippen LogP contribution < -0.4 is 5.32 Å². The lowest BCUT2D eigenvalue weighted by atomic mass is 9.95. The quantitative estimate of drug-likeness (QED) is 0.621. The van der Waals surface area contributed by atoms with Gasteiger partial charge < -0.3 is 5.32 Å². The highest BCUT2D eigenvalue weighted by atomic mass is 32.2. The van der Waals surface area contributed by atoms with E-state index in [9.17, 15) is 4.79 Å². The van der Waals surface area contributed by atoms with Crippen molar-refractivity contribution in [3.05, 3.63) is 54.2 Å². The lowest BCUT2D eigenvalue weighted by Crippen LogP contribution is -2.37. The zero-order valence-electron chi connectivity index (χ0n) is 16.5. The highest BCUT2D eigenvalue weighted by Crippen LogP contribution is 2.28. The van der Waals surface area contributed by atoms with E-state index in [-0.39, 0.29) is 5.91 Å². The van der Waals surface area contributed by atoms with E-state index in [4.69, 9.17) is 0 Å². The smallest absolute Gasteiger partial charge is 0.230 e. The Hall–Kier alpha value is -2.67. The third-order valence-corrected chi connectivity index (χ3v) is 6.12. The van der Waals surface area contributed by atoms with Crippen LogP contribution in [-0.2, 0) is 4.79 Å². The number of carbonyl (C=O) groups is 1. The molecule has 2 aromatic heterocycles. The van der Waals surface area contributed by atoms with E-state index in [0.29, 0.717) is 22.8 Å². The number of hydrogen-bond donors (Lipinski definition) is 1. The van der Waals surface area contributed by atoms with Crippen LogP contribution in [0.3, 0.4) is 0 Å². The summed E-state index contributed by atoms with van der Waals surface area (Å²) in [6.07, 6.45) is 7.59. The van der Waals surface area contributed by atoms with Crippen molar-refractivity contribution in [1.82, 2.24) is 25.1 Å². The van der Waals surface area contributed by atoms with Crippen molar-refractivity contribution in [2.75, 3.05) is 5.75 Å². The fourth-order valence-electron chi connectivity index (χ4n) is 3.70. The number of thioether (sulfide) groups is 1. The number of para-hydroxylation sites is 1. The Morgan fingerprint density at radius 2 is 1.90 bits per heavy atom. The maximum absolute atomic E-state index is 12.5. The largest absolute Gasteiger partial charge is 0.353 e. The number of aryl methyl sites for hydroxylation is 1. The first kappa shape index (κ1) is 19.6. The van der Waals surface area contributed by atoms with Crippen molar-refractivity contribution in [2.24, 2.45) is 0 Å². The van der Waals surface area contributed by atoms with Crippen molar-refractivity contribution in [2.45, 2.75) is 50.2 Å². The van der Waals surface area contributed by atoms with Gasteiger partial charge in [-0.2, -0.15) is 0 Å². The van der Waals surface area contributed by atoms with E-state index < -0.39 is 0 Å². The lowest BCUT2D eigenvalue weighted by molar-refractivity contribution is -0.119. The van der Waals surface area contributed by atoms with Crippen LogP contribution in [0.2, 0.25) is 0 Å². The second-order valence-electron chi connectivity index (χ2n) is 7.33. The van der Waals surface area contributed by atoms with Crippen LogP contribution in [-0.4, -0.2) is 37.5 Å². The molecule has 0 spiro atoms. The van der Waals surface area contributed by atoms with Crippen LogP contribution in [0.5, 0.6) is 0 Å². The minimum Gasteiger partial charge on any atom is -0.353 e. The molecule has 7 heteroatoms. The number of hydrogen-bond acceptors (Lipinski definition) is 5. The summed E-state index contributed by atoms with van der Waals surface area (Å²) in [5, 5.41) is 12.6. The van der Waals surface area contributed by atoms with Gasteiger partial charge in [0.15, 0.2) is 11.0 Å². The highest BCUT2D eigenvalue weighted by Gasteiger charge is 2.20. The summed E-state index contributed by atoms with van der Waals surface area (Å²) in [4.78, 5) is 16.9. The van der Waals surface area contributed by atoms with E-state index in [2.05, 4.69) is 33.5 Å². The van der Waals surface area contributed by atoms with E-state index in [1.165, 1.54) is 31.0 Å². The van der Waals surface area contributed by atoms with Gasteiger partial charge in [-0.1, -0.05) is 55.3 Å². The SMILES string of the molecule is Cc1ccccc1-n1c(SCC(=O)NC2CCCCC2)nnc1-c1ccccn1. The Bertz CT molecular complexity index is 966. The molecule has 29 heavy (non-hydrogen) atoms. The highest BCUT2D eigenvalue weighted by molar-refractivity contribution is 7.99. The number of rotatable bonds is 6. The minimum atomic E-state index is 0.0561. The van der Waals surface area contributed by atoms with Crippen molar-refractivity contribution in [1.29, 1.82) is 0 Å². The fraction of sp³-hybridized carbons (Fsp3) is 0.364. The van der Waals surface area contributed by atoms with Gasteiger partial charge >= 0.3 is 0 Å². The predicted molar refractivity (Wildman–Crippen MR) is 115 cm³/mol. The molecule has 2 heterocycles. The summed E-state index contributed by atoms with van der Waals surface area (Å²) in [7, 11) is 0. The molecule has 1 aliphatic carbocycles. The van der Waals surface area contributed by atoms with Crippen molar-refractivity contribution in [3.8, 4) is 17.2 Å². The van der Waals surface area contributed by atoms with Gasteiger partial charge in [-0.15, -0.1) is 10.2 Å². The lowest BCUT2D eigenvalue weighted by Gasteiger charge is -2.22. The second-order valence-corrected chi connectivity index (χ2v) is 8.28. The second kappa shape index (κ2) is 9.22. The number of carbonyl (C=O) groups excluding carboxylic acids is 1. The molecule has 1 aliphatic rings. The maximum atomic E-state index is 12.5.